The molecule has 0 bridgehead atoms. The first-order valence-electron chi connectivity index (χ1n) is 8.84. The highest BCUT2D eigenvalue weighted by Crippen LogP contribution is 2.24. The molecule has 2 aromatic carbocycles. The molecule has 3 rings (SSSR count). The maximum absolute atomic E-state index is 5.78. The topological polar surface area (TPSA) is 63.8 Å². The summed E-state index contributed by atoms with van der Waals surface area (Å²) < 4.78 is 0. The van der Waals surface area contributed by atoms with E-state index in [1.165, 1.54) is 10.9 Å². The van der Waals surface area contributed by atoms with Crippen molar-refractivity contribution in [2.75, 3.05) is 11.9 Å². The number of anilines is 1. The summed E-state index contributed by atoms with van der Waals surface area (Å²) in [4.78, 5) is 0. The van der Waals surface area contributed by atoms with E-state index in [1.807, 2.05) is 36.4 Å². The molecular formula is C22H25N4P. The van der Waals surface area contributed by atoms with Gasteiger partial charge in [-0.3, -0.25) is 0 Å². The van der Waals surface area contributed by atoms with Crippen molar-refractivity contribution >= 4 is 26.1 Å². The Hall–Kier alpha value is -2.71. The highest BCUT2D eigenvalue weighted by atomic mass is 31.0. The van der Waals surface area contributed by atoms with E-state index in [-0.39, 0.29) is 5.41 Å². The third-order valence-corrected chi connectivity index (χ3v) is 4.98. The fourth-order valence-corrected chi connectivity index (χ4v) is 3.00. The summed E-state index contributed by atoms with van der Waals surface area (Å²) in [5.41, 5.74) is 10.3. The third-order valence-electron chi connectivity index (χ3n) is 4.60. The number of nitrogens with zero attached hydrogens (tertiary/aromatic N) is 2. The van der Waals surface area contributed by atoms with Crippen LogP contribution in [0, 0.1) is 0 Å². The lowest BCUT2D eigenvalue weighted by Crippen LogP contribution is -2.28. The zero-order valence-electron chi connectivity index (χ0n) is 15.7. The molecule has 3 aromatic rings. The second-order valence-corrected chi connectivity index (χ2v) is 7.94. The molecule has 1 atom stereocenters. The number of hydrogen-bond acceptors (Lipinski definition) is 4. The Morgan fingerprint density at radius 1 is 1.07 bits per heavy atom. The highest BCUT2D eigenvalue weighted by Gasteiger charge is 2.20. The third kappa shape index (κ3) is 4.72. The van der Waals surface area contributed by atoms with E-state index >= 15 is 0 Å². The van der Waals surface area contributed by atoms with Crippen LogP contribution in [0.2, 0.25) is 0 Å². The zero-order valence-corrected chi connectivity index (χ0v) is 16.9. The van der Waals surface area contributed by atoms with Crippen LogP contribution in [0.1, 0.15) is 25.0 Å². The molecule has 0 saturated heterocycles. The average Bonchev–Trinajstić information content (AvgIpc) is 2.67. The number of hydrogen-bond donors (Lipinski definition) is 2. The fourth-order valence-electron chi connectivity index (χ4n) is 2.81. The van der Waals surface area contributed by atoms with E-state index in [2.05, 4.69) is 69.4 Å². The minimum Gasteiger partial charge on any atom is -0.399 e. The Bertz CT molecular complexity index is 931. The van der Waals surface area contributed by atoms with E-state index in [9.17, 15) is 0 Å². The first-order chi connectivity index (χ1) is 12.8. The molecule has 4 nitrogen and oxygen atoms in total. The van der Waals surface area contributed by atoms with Crippen molar-refractivity contribution in [3.8, 4) is 11.3 Å². The standard InChI is InChI=1S/C22H25N4P/c1-15(23)16-5-4-6-17(13-16)20-11-12-21(26-25-20)24-14-22(2,3)18-7-9-19(27)10-8-18/h4-13H,1,14,23,27H2,2-3H3,(H,24,26). The SMILES string of the molecule is C=C(N)c1cccc(-c2ccc(NCC(C)(C)c3ccc(P)cc3)nn2)c1. The molecule has 5 heteroatoms. The molecule has 1 unspecified atom stereocenters. The van der Waals surface area contributed by atoms with Gasteiger partial charge < -0.3 is 11.1 Å². The lowest BCUT2D eigenvalue weighted by Gasteiger charge is -2.26. The second-order valence-electron chi connectivity index (χ2n) is 7.27. The van der Waals surface area contributed by atoms with E-state index < -0.39 is 0 Å². The van der Waals surface area contributed by atoms with Crippen LogP contribution in [0.3, 0.4) is 0 Å². The minimum absolute atomic E-state index is 0.0193. The number of benzene rings is 2. The van der Waals surface area contributed by atoms with Crippen LogP contribution in [-0.4, -0.2) is 16.7 Å². The minimum atomic E-state index is -0.0193. The molecule has 0 saturated carbocycles. The van der Waals surface area contributed by atoms with Gasteiger partial charge in [0.05, 0.1) is 5.69 Å². The highest BCUT2D eigenvalue weighted by molar-refractivity contribution is 7.27. The van der Waals surface area contributed by atoms with Crippen molar-refractivity contribution in [3.05, 3.63) is 78.4 Å². The normalized spacial score (nSPS) is 11.2. The van der Waals surface area contributed by atoms with Crippen molar-refractivity contribution in [2.45, 2.75) is 19.3 Å². The molecule has 0 aliphatic carbocycles. The fraction of sp³-hybridized carbons (Fsp3) is 0.182. The predicted octanol–water partition coefficient (Wildman–Crippen LogP) is 3.96. The van der Waals surface area contributed by atoms with Gasteiger partial charge >= 0.3 is 0 Å². The van der Waals surface area contributed by atoms with Crippen molar-refractivity contribution in [1.82, 2.24) is 10.2 Å². The molecule has 0 aliphatic rings. The van der Waals surface area contributed by atoms with Crippen LogP contribution in [0.15, 0.2) is 67.2 Å². The Morgan fingerprint density at radius 2 is 1.81 bits per heavy atom. The smallest absolute Gasteiger partial charge is 0.148 e. The van der Waals surface area contributed by atoms with Crippen LogP contribution in [0.4, 0.5) is 5.82 Å². The van der Waals surface area contributed by atoms with E-state index in [4.69, 9.17) is 5.73 Å². The van der Waals surface area contributed by atoms with Crippen LogP contribution >= 0.6 is 9.24 Å². The summed E-state index contributed by atoms with van der Waals surface area (Å²) in [6.45, 7) is 8.97. The van der Waals surface area contributed by atoms with Crippen molar-refractivity contribution < 1.29 is 0 Å². The Kier molecular flexibility index (Phi) is 5.57. The van der Waals surface area contributed by atoms with Gasteiger partial charge in [0.2, 0.25) is 0 Å². The van der Waals surface area contributed by atoms with Gasteiger partial charge in [-0.25, -0.2) is 0 Å². The molecular weight excluding hydrogens is 351 g/mol. The molecule has 1 heterocycles. The van der Waals surface area contributed by atoms with E-state index in [0.717, 1.165) is 29.2 Å². The van der Waals surface area contributed by atoms with E-state index in [0.29, 0.717) is 5.70 Å². The summed E-state index contributed by atoms with van der Waals surface area (Å²) in [6.07, 6.45) is 0. The predicted molar refractivity (Wildman–Crippen MR) is 118 cm³/mol. The van der Waals surface area contributed by atoms with Crippen LogP contribution in [0.25, 0.3) is 17.0 Å². The van der Waals surface area contributed by atoms with Crippen molar-refractivity contribution in [3.63, 3.8) is 0 Å². The van der Waals surface area contributed by atoms with Gasteiger partial charge in [-0.1, -0.05) is 62.9 Å². The molecule has 3 N–H and O–H groups in total. The summed E-state index contributed by atoms with van der Waals surface area (Å²) in [6, 6.07) is 20.3. The number of nitrogens with one attached hydrogen (secondary N) is 1. The van der Waals surface area contributed by atoms with Crippen molar-refractivity contribution in [1.29, 1.82) is 0 Å². The largest absolute Gasteiger partial charge is 0.399 e. The maximum atomic E-state index is 5.78. The Balaban J connectivity index is 1.70. The number of aromatic nitrogens is 2. The molecule has 27 heavy (non-hydrogen) atoms. The maximum Gasteiger partial charge on any atom is 0.148 e. The van der Waals surface area contributed by atoms with Gasteiger partial charge in [0, 0.05) is 23.2 Å². The van der Waals surface area contributed by atoms with Gasteiger partial charge in [-0.05, 0) is 34.6 Å². The monoisotopic (exact) mass is 376 g/mol. The molecule has 138 valence electrons. The molecule has 0 amide bonds. The summed E-state index contributed by atoms with van der Waals surface area (Å²) in [5, 5.41) is 13.3. The Morgan fingerprint density at radius 3 is 2.44 bits per heavy atom. The molecule has 1 aromatic heterocycles. The Labute approximate surface area is 163 Å². The number of nitrogens with two attached hydrogens (primary N) is 1. The van der Waals surface area contributed by atoms with Gasteiger partial charge in [0.25, 0.3) is 0 Å². The van der Waals surface area contributed by atoms with Gasteiger partial charge in [-0.2, -0.15) is 0 Å². The van der Waals surface area contributed by atoms with Gasteiger partial charge in [-0.15, -0.1) is 19.4 Å². The molecule has 0 radical (unpaired) electrons. The second kappa shape index (κ2) is 7.89. The lowest BCUT2D eigenvalue weighted by molar-refractivity contribution is 0.556. The lowest BCUT2D eigenvalue weighted by atomic mass is 9.84. The first-order valence-corrected chi connectivity index (χ1v) is 9.42. The van der Waals surface area contributed by atoms with Crippen LogP contribution in [0.5, 0.6) is 0 Å². The summed E-state index contributed by atoms with van der Waals surface area (Å²) in [5.74, 6) is 0.758. The molecule has 0 fully saturated rings. The van der Waals surface area contributed by atoms with Crippen molar-refractivity contribution in [2.24, 2.45) is 5.73 Å². The average molecular weight is 376 g/mol. The van der Waals surface area contributed by atoms with Crippen LogP contribution in [-0.2, 0) is 5.41 Å². The summed E-state index contributed by atoms with van der Waals surface area (Å²) in [7, 11) is 2.71. The van der Waals surface area contributed by atoms with Gasteiger partial charge in [0.1, 0.15) is 5.82 Å². The number of rotatable bonds is 6. The van der Waals surface area contributed by atoms with Crippen LogP contribution < -0.4 is 16.4 Å². The van der Waals surface area contributed by atoms with Gasteiger partial charge in [0.15, 0.2) is 0 Å². The first kappa shape index (κ1) is 19.1. The van der Waals surface area contributed by atoms with E-state index in [1.54, 1.807) is 0 Å². The zero-order chi connectivity index (χ0) is 19.4. The molecule has 0 spiro atoms. The molecule has 0 aliphatic heterocycles. The summed E-state index contributed by atoms with van der Waals surface area (Å²) >= 11 is 0. The quantitative estimate of drug-likeness (QED) is 0.639.